The van der Waals surface area contributed by atoms with Crippen LogP contribution in [0.25, 0.3) is 0 Å². The number of rotatable bonds is 3. The summed E-state index contributed by atoms with van der Waals surface area (Å²) in [6, 6.07) is 6.44. The van der Waals surface area contributed by atoms with E-state index in [1.54, 1.807) is 12.1 Å². The van der Waals surface area contributed by atoms with Gasteiger partial charge in [0.25, 0.3) is 0 Å². The van der Waals surface area contributed by atoms with Gasteiger partial charge in [0.05, 0.1) is 11.6 Å². The highest BCUT2D eigenvalue weighted by atomic mass is 16.1. The predicted octanol–water partition coefficient (Wildman–Crippen LogP) is 0.669. The third kappa shape index (κ3) is 2.76. The minimum Gasteiger partial charge on any atom is -0.371 e. The van der Waals surface area contributed by atoms with Crippen LogP contribution in [0.3, 0.4) is 0 Å². The van der Waals surface area contributed by atoms with E-state index < -0.39 is 17.6 Å². The molecule has 0 bridgehead atoms. The molecule has 2 aliphatic rings. The van der Waals surface area contributed by atoms with E-state index >= 15 is 0 Å². The van der Waals surface area contributed by atoms with Crippen molar-refractivity contribution in [3.63, 3.8) is 0 Å². The van der Waals surface area contributed by atoms with Crippen LogP contribution < -0.4 is 16.4 Å². The number of anilines is 1. The number of nitrogens with two attached hydrogens (primary N) is 2. The number of carbonyl (C=O) groups excluding carboxylic acids is 1. The Morgan fingerprint density at radius 1 is 1.29 bits per heavy atom. The van der Waals surface area contributed by atoms with Gasteiger partial charge in [-0.2, -0.15) is 5.26 Å². The minimum absolute atomic E-state index is 0.462. The first-order valence-corrected chi connectivity index (χ1v) is 8.01. The molecule has 2 aliphatic heterocycles. The lowest BCUT2D eigenvalue weighted by atomic mass is 9.88. The van der Waals surface area contributed by atoms with Gasteiger partial charge in [0.1, 0.15) is 0 Å². The van der Waals surface area contributed by atoms with Gasteiger partial charge >= 0.3 is 0 Å². The average molecular weight is 324 g/mol. The van der Waals surface area contributed by atoms with E-state index in [0.29, 0.717) is 11.1 Å². The molecule has 0 spiro atoms. The second kappa shape index (κ2) is 6.42. The first-order chi connectivity index (χ1) is 11.6. The van der Waals surface area contributed by atoms with Crippen LogP contribution in [-0.4, -0.2) is 37.5 Å². The zero-order valence-electron chi connectivity index (χ0n) is 13.4. The molecule has 1 aromatic rings. The van der Waals surface area contributed by atoms with Crippen LogP contribution in [-0.2, 0) is 10.5 Å². The van der Waals surface area contributed by atoms with Crippen LogP contribution in [0.5, 0.6) is 0 Å². The molecule has 0 aromatic heterocycles. The summed E-state index contributed by atoms with van der Waals surface area (Å²) in [6.07, 6.45) is 6.28. The van der Waals surface area contributed by atoms with Crippen LogP contribution in [0.2, 0.25) is 0 Å². The van der Waals surface area contributed by atoms with Gasteiger partial charge < -0.3 is 16.4 Å². The number of amides is 1. The molecule has 0 radical (unpaired) electrons. The van der Waals surface area contributed by atoms with Crippen LogP contribution in [0.15, 0.2) is 28.2 Å². The Morgan fingerprint density at radius 3 is 2.71 bits per heavy atom. The van der Waals surface area contributed by atoms with Gasteiger partial charge in [-0.25, -0.2) is 0 Å². The molecule has 0 saturated carbocycles. The van der Waals surface area contributed by atoms with Gasteiger partial charge in [-0.15, -0.1) is 0 Å². The zero-order valence-corrected chi connectivity index (χ0v) is 13.4. The number of nitrogens with zero attached hydrogens (tertiary/aromatic N) is 4. The largest absolute Gasteiger partial charge is 0.371 e. The van der Waals surface area contributed by atoms with Crippen LogP contribution >= 0.6 is 0 Å². The third-order valence-corrected chi connectivity index (χ3v) is 4.53. The van der Waals surface area contributed by atoms with Gasteiger partial charge in [-0.3, -0.25) is 14.8 Å². The maximum Gasteiger partial charge on any atom is 0.246 e. The van der Waals surface area contributed by atoms with E-state index in [0.717, 1.165) is 31.6 Å². The summed E-state index contributed by atoms with van der Waals surface area (Å²) in [4.78, 5) is 22.5. The first kappa shape index (κ1) is 16.1. The topological polar surface area (TPSA) is 121 Å². The molecule has 124 valence electrons. The Kier molecular flexibility index (Phi) is 4.32. The Morgan fingerprint density at radius 2 is 2.04 bits per heavy atom. The molecule has 3 rings (SSSR count). The first-order valence-electron chi connectivity index (χ1n) is 8.01. The Labute approximate surface area is 140 Å². The average Bonchev–Trinajstić information content (AvgIpc) is 2.62. The number of carbonyl (C=O) groups is 1. The molecule has 2 atom stereocenters. The summed E-state index contributed by atoms with van der Waals surface area (Å²) in [5.41, 5.74) is 12.6. The second-order valence-corrected chi connectivity index (χ2v) is 6.10. The molecule has 7 heteroatoms. The molecule has 1 saturated heterocycles. The van der Waals surface area contributed by atoms with Gasteiger partial charge in [-0.1, -0.05) is 0 Å². The highest BCUT2D eigenvalue weighted by Gasteiger charge is 2.43. The molecule has 7 nitrogen and oxygen atoms in total. The molecule has 1 aromatic carbocycles. The van der Waals surface area contributed by atoms with Crippen molar-refractivity contribution in [1.29, 1.82) is 5.26 Å². The van der Waals surface area contributed by atoms with Crippen molar-refractivity contribution in [3.8, 4) is 6.07 Å². The number of benzene rings is 1. The van der Waals surface area contributed by atoms with Crippen molar-refractivity contribution < 1.29 is 4.79 Å². The van der Waals surface area contributed by atoms with E-state index in [-0.39, 0.29) is 0 Å². The highest BCUT2D eigenvalue weighted by molar-refractivity contribution is 6.17. The van der Waals surface area contributed by atoms with Gasteiger partial charge in [0.15, 0.2) is 11.7 Å². The molecule has 2 heterocycles. The van der Waals surface area contributed by atoms with Crippen molar-refractivity contribution in [2.75, 3.05) is 18.0 Å². The monoisotopic (exact) mass is 324 g/mol. The quantitative estimate of drug-likeness (QED) is 0.848. The maximum absolute atomic E-state index is 11.9. The molecule has 4 N–H and O–H groups in total. The number of primary amides is 1. The number of piperidine rings is 1. The van der Waals surface area contributed by atoms with Crippen molar-refractivity contribution in [2.24, 2.45) is 21.5 Å². The Bertz CT molecular complexity index is 744. The van der Waals surface area contributed by atoms with E-state index in [1.165, 1.54) is 18.9 Å². The third-order valence-electron chi connectivity index (χ3n) is 4.53. The fourth-order valence-corrected chi connectivity index (χ4v) is 3.31. The molecule has 1 amide bonds. The summed E-state index contributed by atoms with van der Waals surface area (Å²) in [6.45, 7) is 1.81. The smallest absolute Gasteiger partial charge is 0.246 e. The number of aliphatic imine (C=N–C) groups is 2. The van der Waals surface area contributed by atoms with E-state index in [2.05, 4.69) is 21.0 Å². The van der Waals surface area contributed by atoms with Gasteiger partial charge in [0, 0.05) is 36.8 Å². The van der Waals surface area contributed by atoms with Crippen LogP contribution in [0.4, 0.5) is 5.69 Å². The summed E-state index contributed by atoms with van der Waals surface area (Å²) in [5, 5.41) is 9.26. The minimum atomic E-state index is -1.40. The lowest BCUT2D eigenvalue weighted by Crippen LogP contribution is -2.53. The molecule has 24 heavy (non-hydrogen) atoms. The standard InChI is InChI=1S/C17H20N6O/c18-11-12-4-5-14(23-8-2-1-3-9-23)13(10-12)17(20)15(16(19)24)21-6-7-22-17/h4-7,10,15H,1-3,8-9,20H2,(H2,19,24). The number of hydrogen-bond donors (Lipinski definition) is 2. The number of hydrogen-bond acceptors (Lipinski definition) is 6. The van der Waals surface area contributed by atoms with E-state index in [4.69, 9.17) is 11.5 Å². The van der Waals surface area contributed by atoms with Crippen molar-refractivity contribution in [2.45, 2.75) is 31.0 Å². The van der Waals surface area contributed by atoms with Crippen LogP contribution in [0, 0.1) is 11.3 Å². The second-order valence-electron chi connectivity index (χ2n) is 6.10. The normalized spacial score (nSPS) is 26.2. The zero-order chi connectivity index (χ0) is 17.2. The maximum atomic E-state index is 11.9. The SMILES string of the molecule is N#Cc1ccc(N2CCCCC2)c(C2(N)N=CC=NC2C(N)=O)c1. The molecular formula is C17H20N6O. The Hall–Kier alpha value is -2.72. The van der Waals surface area contributed by atoms with E-state index in [9.17, 15) is 10.1 Å². The Balaban J connectivity index is 2.13. The van der Waals surface area contributed by atoms with Crippen molar-refractivity contribution >= 4 is 24.0 Å². The summed E-state index contributed by atoms with van der Waals surface area (Å²) in [7, 11) is 0. The summed E-state index contributed by atoms with van der Waals surface area (Å²) >= 11 is 0. The summed E-state index contributed by atoms with van der Waals surface area (Å²) < 4.78 is 0. The fraction of sp³-hybridized carbons (Fsp3) is 0.412. The van der Waals surface area contributed by atoms with Crippen molar-refractivity contribution in [3.05, 3.63) is 29.3 Å². The fourth-order valence-electron chi connectivity index (χ4n) is 3.31. The van der Waals surface area contributed by atoms with Crippen molar-refractivity contribution in [1.82, 2.24) is 0 Å². The number of nitriles is 1. The predicted molar refractivity (Wildman–Crippen MR) is 93.1 cm³/mol. The molecule has 2 unspecified atom stereocenters. The lowest BCUT2D eigenvalue weighted by molar-refractivity contribution is -0.120. The van der Waals surface area contributed by atoms with Gasteiger partial charge in [0.2, 0.25) is 5.91 Å². The van der Waals surface area contributed by atoms with E-state index in [1.807, 2.05) is 6.07 Å². The molecule has 0 aliphatic carbocycles. The van der Waals surface area contributed by atoms with Crippen LogP contribution in [0.1, 0.15) is 30.4 Å². The molecule has 1 fully saturated rings. The summed E-state index contributed by atoms with van der Waals surface area (Å²) in [5.74, 6) is -0.641. The molecular weight excluding hydrogens is 304 g/mol. The highest BCUT2D eigenvalue weighted by Crippen LogP contribution is 2.36. The lowest BCUT2D eigenvalue weighted by Gasteiger charge is -2.37. The van der Waals surface area contributed by atoms with Gasteiger partial charge in [-0.05, 0) is 37.5 Å².